The molecular weight excluding hydrogens is 456 g/mol. The number of hydrazone groups is 1. The first-order valence-corrected chi connectivity index (χ1v) is 8.67. The molecule has 0 saturated carbocycles. The summed E-state index contributed by atoms with van der Waals surface area (Å²) in [5.74, 6) is 1.22. The number of methoxy groups -OCH3 is 3. The lowest BCUT2D eigenvalue weighted by Crippen LogP contribution is -2.18. The third kappa shape index (κ3) is 4.73. The minimum atomic E-state index is -0.381. The van der Waals surface area contributed by atoms with E-state index in [1.54, 1.807) is 44.6 Å². The molecule has 1 amide bonds. The second-order valence-corrected chi connectivity index (χ2v) is 6.55. The molecule has 0 heterocycles. The van der Waals surface area contributed by atoms with Gasteiger partial charge in [0.15, 0.2) is 11.5 Å². The predicted octanol–water partition coefficient (Wildman–Crippen LogP) is 4.00. The van der Waals surface area contributed by atoms with Crippen LogP contribution in [0.15, 0.2) is 44.4 Å². The second kappa shape index (κ2) is 8.87. The number of carbonyl (C=O) groups excluding carboxylic acids is 1. The molecule has 6 nitrogen and oxygen atoms in total. The molecule has 0 atom stereocenters. The standard InChI is InChI=1S/C17H16Br2N2O4/c1-23-14-5-4-11(18)8-12(14)17(22)21-20-9-10-6-13(19)16(25-3)15(7-10)24-2/h4-9H,1-3H3,(H,21,22)/b20-9-. The number of ether oxygens (including phenoxy) is 3. The number of rotatable bonds is 6. The fraction of sp³-hybridized carbons (Fsp3) is 0.176. The van der Waals surface area contributed by atoms with Crippen LogP contribution >= 0.6 is 31.9 Å². The average Bonchev–Trinajstić information content (AvgIpc) is 2.61. The van der Waals surface area contributed by atoms with E-state index in [-0.39, 0.29) is 5.91 Å². The van der Waals surface area contributed by atoms with Crippen molar-refractivity contribution in [2.75, 3.05) is 21.3 Å². The molecule has 8 heteroatoms. The van der Waals surface area contributed by atoms with Gasteiger partial charge in [0.05, 0.1) is 37.6 Å². The van der Waals surface area contributed by atoms with E-state index < -0.39 is 0 Å². The summed E-state index contributed by atoms with van der Waals surface area (Å²) in [6, 6.07) is 8.71. The molecule has 2 aromatic carbocycles. The molecule has 0 fully saturated rings. The first-order chi connectivity index (χ1) is 12.0. The van der Waals surface area contributed by atoms with Crippen LogP contribution in [0.4, 0.5) is 0 Å². The Morgan fingerprint density at radius 2 is 1.76 bits per heavy atom. The number of amides is 1. The molecule has 0 spiro atoms. The topological polar surface area (TPSA) is 69.2 Å². The first-order valence-electron chi connectivity index (χ1n) is 7.08. The van der Waals surface area contributed by atoms with Crippen molar-refractivity contribution < 1.29 is 19.0 Å². The van der Waals surface area contributed by atoms with E-state index in [1.807, 2.05) is 0 Å². The van der Waals surface area contributed by atoms with Gasteiger partial charge in [0.25, 0.3) is 5.91 Å². The summed E-state index contributed by atoms with van der Waals surface area (Å²) in [6.45, 7) is 0. The lowest BCUT2D eigenvalue weighted by Gasteiger charge is -2.10. The maximum Gasteiger partial charge on any atom is 0.275 e. The minimum Gasteiger partial charge on any atom is -0.496 e. The van der Waals surface area contributed by atoms with Crippen LogP contribution in [0.5, 0.6) is 17.2 Å². The Balaban J connectivity index is 2.17. The summed E-state index contributed by atoms with van der Waals surface area (Å²) in [7, 11) is 4.61. The Labute approximate surface area is 162 Å². The van der Waals surface area contributed by atoms with Gasteiger partial charge in [-0.25, -0.2) is 5.43 Å². The highest BCUT2D eigenvalue weighted by molar-refractivity contribution is 9.10. The Kier molecular flexibility index (Phi) is 6.83. The zero-order valence-corrected chi connectivity index (χ0v) is 17.0. The Bertz CT molecular complexity index is 809. The molecule has 1 N–H and O–H groups in total. The Morgan fingerprint density at radius 3 is 2.40 bits per heavy atom. The van der Waals surface area contributed by atoms with Gasteiger partial charge < -0.3 is 14.2 Å². The molecule has 0 aliphatic rings. The van der Waals surface area contributed by atoms with Crippen LogP contribution in [0, 0.1) is 0 Å². The van der Waals surface area contributed by atoms with Crippen molar-refractivity contribution in [1.82, 2.24) is 5.43 Å². The van der Waals surface area contributed by atoms with Crippen molar-refractivity contribution in [3.63, 3.8) is 0 Å². The van der Waals surface area contributed by atoms with Gasteiger partial charge in [0, 0.05) is 4.47 Å². The zero-order chi connectivity index (χ0) is 18.4. The van der Waals surface area contributed by atoms with E-state index in [4.69, 9.17) is 14.2 Å². The predicted molar refractivity (Wildman–Crippen MR) is 103 cm³/mol. The smallest absolute Gasteiger partial charge is 0.275 e. The van der Waals surface area contributed by atoms with Crippen molar-refractivity contribution >= 4 is 44.0 Å². The third-order valence-corrected chi connectivity index (χ3v) is 4.32. The summed E-state index contributed by atoms with van der Waals surface area (Å²) >= 11 is 6.74. The van der Waals surface area contributed by atoms with E-state index in [9.17, 15) is 4.79 Å². The van der Waals surface area contributed by atoms with Gasteiger partial charge in [-0.15, -0.1) is 0 Å². The van der Waals surface area contributed by atoms with Crippen LogP contribution in [-0.2, 0) is 0 Å². The van der Waals surface area contributed by atoms with Gasteiger partial charge in [0.2, 0.25) is 0 Å². The van der Waals surface area contributed by atoms with Gasteiger partial charge in [-0.2, -0.15) is 5.10 Å². The summed E-state index contributed by atoms with van der Waals surface area (Å²) < 4.78 is 17.2. The minimum absolute atomic E-state index is 0.377. The van der Waals surface area contributed by atoms with Gasteiger partial charge >= 0.3 is 0 Å². The fourth-order valence-electron chi connectivity index (χ4n) is 2.10. The molecule has 2 rings (SSSR count). The number of carbonyl (C=O) groups is 1. The summed E-state index contributed by atoms with van der Waals surface area (Å²) in [4.78, 5) is 12.3. The number of hydrogen-bond donors (Lipinski definition) is 1. The number of hydrogen-bond acceptors (Lipinski definition) is 5. The van der Waals surface area contributed by atoms with Crippen molar-refractivity contribution in [2.24, 2.45) is 5.10 Å². The Hall–Kier alpha value is -2.06. The molecule has 25 heavy (non-hydrogen) atoms. The third-order valence-electron chi connectivity index (χ3n) is 3.24. The molecule has 0 unspecified atom stereocenters. The fourth-order valence-corrected chi connectivity index (χ4v) is 3.08. The van der Waals surface area contributed by atoms with Gasteiger partial charge in [-0.3, -0.25) is 4.79 Å². The lowest BCUT2D eigenvalue weighted by molar-refractivity contribution is 0.0952. The highest BCUT2D eigenvalue weighted by Crippen LogP contribution is 2.35. The summed E-state index contributed by atoms with van der Waals surface area (Å²) in [5, 5.41) is 3.98. The second-order valence-electron chi connectivity index (χ2n) is 4.78. The molecule has 0 aliphatic carbocycles. The van der Waals surface area contributed by atoms with Crippen molar-refractivity contribution in [2.45, 2.75) is 0 Å². The quantitative estimate of drug-likeness (QED) is 0.510. The van der Waals surface area contributed by atoms with Gasteiger partial charge in [-0.1, -0.05) is 15.9 Å². The van der Waals surface area contributed by atoms with Crippen LogP contribution in [0.3, 0.4) is 0 Å². The highest BCUT2D eigenvalue weighted by Gasteiger charge is 2.12. The van der Waals surface area contributed by atoms with E-state index in [2.05, 4.69) is 42.4 Å². The summed E-state index contributed by atoms with van der Waals surface area (Å²) in [6.07, 6.45) is 1.51. The lowest BCUT2D eigenvalue weighted by atomic mass is 10.2. The number of benzene rings is 2. The summed E-state index contributed by atoms with van der Waals surface area (Å²) in [5.41, 5.74) is 3.58. The van der Waals surface area contributed by atoms with Gasteiger partial charge in [0.1, 0.15) is 5.75 Å². The SMILES string of the molecule is COc1ccc(Br)cc1C(=O)N/N=C\c1cc(Br)c(OC)c(OC)c1. The van der Waals surface area contributed by atoms with E-state index in [1.165, 1.54) is 13.3 Å². The molecule has 0 radical (unpaired) electrons. The molecule has 2 aromatic rings. The molecule has 0 bridgehead atoms. The maximum absolute atomic E-state index is 12.3. The van der Waals surface area contributed by atoms with Gasteiger partial charge in [-0.05, 0) is 51.8 Å². The molecule has 0 saturated heterocycles. The van der Waals surface area contributed by atoms with Crippen LogP contribution in [0.25, 0.3) is 0 Å². The molecule has 0 aromatic heterocycles. The van der Waals surface area contributed by atoms with E-state index >= 15 is 0 Å². The normalized spacial score (nSPS) is 10.6. The number of nitrogens with one attached hydrogen (secondary N) is 1. The number of nitrogens with zero attached hydrogens (tertiary/aromatic N) is 1. The van der Waals surface area contributed by atoms with Crippen LogP contribution in [0.1, 0.15) is 15.9 Å². The Morgan fingerprint density at radius 1 is 1.04 bits per heavy atom. The van der Waals surface area contributed by atoms with Crippen molar-refractivity contribution in [3.05, 3.63) is 50.4 Å². The van der Waals surface area contributed by atoms with Crippen molar-refractivity contribution in [1.29, 1.82) is 0 Å². The highest BCUT2D eigenvalue weighted by atomic mass is 79.9. The zero-order valence-electron chi connectivity index (χ0n) is 13.8. The van der Waals surface area contributed by atoms with Crippen molar-refractivity contribution in [3.8, 4) is 17.2 Å². The van der Waals surface area contributed by atoms with E-state index in [0.717, 1.165) is 14.5 Å². The largest absolute Gasteiger partial charge is 0.496 e. The van der Waals surface area contributed by atoms with Crippen LogP contribution < -0.4 is 19.6 Å². The molecule has 0 aliphatic heterocycles. The maximum atomic E-state index is 12.3. The molecular formula is C17H16Br2N2O4. The van der Waals surface area contributed by atoms with Crippen LogP contribution in [-0.4, -0.2) is 33.5 Å². The van der Waals surface area contributed by atoms with E-state index in [0.29, 0.717) is 22.8 Å². The monoisotopic (exact) mass is 470 g/mol. The average molecular weight is 472 g/mol. The molecule has 132 valence electrons. The first kappa shape index (κ1) is 19.3. The van der Waals surface area contributed by atoms with Crippen LogP contribution in [0.2, 0.25) is 0 Å². The number of halogens is 2.